The summed E-state index contributed by atoms with van der Waals surface area (Å²) in [5.74, 6) is 0.995. The van der Waals surface area contributed by atoms with Gasteiger partial charge in [-0.2, -0.15) is 5.10 Å². The number of anilines is 1. The van der Waals surface area contributed by atoms with E-state index in [2.05, 4.69) is 15.5 Å². The smallest absolute Gasteiger partial charge is 0.203 e. The van der Waals surface area contributed by atoms with Gasteiger partial charge in [-0.15, -0.1) is 11.3 Å². The van der Waals surface area contributed by atoms with Gasteiger partial charge >= 0.3 is 0 Å². The van der Waals surface area contributed by atoms with Crippen molar-refractivity contribution in [2.45, 2.75) is 20.5 Å². The number of benzene rings is 2. The van der Waals surface area contributed by atoms with Crippen LogP contribution in [0.5, 0.6) is 11.5 Å². The number of hydrogen-bond donors (Lipinski definition) is 1. The molecule has 0 spiro atoms. The van der Waals surface area contributed by atoms with E-state index in [9.17, 15) is 4.39 Å². The summed E-state index contributed by atoms with van der Waals surface area (Å²) in [7, 11) is 0. The molecule has 0 bridgehead atoms. The van der Waals surface area contributed by atoms with Crippen LogP contribution in [0.4, 0.5) is 9.52 Å². The quantitative estimate of drug-likeness (QED) is 0.437. The molecule has 0 aliphatic rings. The van der Waals surface area contributed by atoms with E-state index >= 15 is 0 Å². The Morgan fingerprint density at radius 3 is 2.67 bits per heavy atom. The van der Waals surface area contributed by atoms with Crippen molar-refractivity contribution >= 4 is 22.7 Å². The summed E-state index contributed by atoms with van der Waals surface area (Å²) in [6.45, 7) is 4.70. The van der Waals surface area contributed by atoms with Crippen molar-refractivity contribution < 1.29 is 13.9 Å². The van der Waals surface area contributed by atoms with Gasteiger partial charge in [0.25, 0.3) is 0 Å². The van der Waals surface area contributed by atoms with E-state index in [0.717, 1.165) is 22.0 Å². The van der Waals surface area contributed by atoms with Crippen molar-refractivity contribution in [1.82, 2.24) is 4.98 Å². The lowest BCUT2D eigenvalue weighted by Crippen LogP contribution is -2.00. The Bertz CT molecular complexity index is 910. The first kappa shape index (κ1) is 18.8. The second kappa shape index (κ2) is 9.14. The minimum Gasteiger partial charge on any atom is -0.490 e. The maximum Gasteiger partial charge on any atom is 0.203 e. The van der Waals surface area contributed by atoms with E-state index in [0.29, 0.717) is 24.7 Å². The van der Waals surface area contributed by atoms with E-state index in [1.165, 1.54) is 23.5 Å². The van der Waals surface area contributed by atoms with Gasteiger partial charge in [0, 0.05) is 5.38 Å². The van der Waals surface area contributed by atoms with Gasteiger partial charge in [0.15, 0.2) is 11.5 Å². The SMILES string of the molecule is CCOc1cc(/C=N\Nc2nc(C)cs2)ccc1OCc1ccc(F)cc1. The van der Waals surface area contributed by atoms with Crippen LogP contribution >= 0.6 is 11.3 Å². The summed E-state index contributed by atoms with van der Waals surface area (Å²) in [4.78, 5) is 4.29. The van der Waals surface area contributed by atoms with E-state index in [1.54, 1.807) is 18.3 Å². The number of ether oxygens (including phenoxy) is 2. The fourth-order valence-electron chi connectivity index (χ4n) is 2.30. The lowest BCUT2D eigenvalue weighted by Gasteiger charge is -2.12. The van der Waals surface area contributed by atoms with Gasteiger partial charge in [-0.1, -0.05) is 12.1 Å². The second-order valence-corrected chi connectivity index (χ2v) is 6.58. The minimum atomic E-state index is -0.265. The zero-order valence-electron chi connectivity index (χ0n) is 15.1. The molecule has 140 valence electrons. The fraction of sp³-hybridized carbons (Fsp3) is 0.200. The largest absolute Gasteiger partial charge is 0.490 e. The molecule has 5 nitrogen and oxygen atoms in total. The van der Waals surface area contributed by atoms with Crippen molar-refractivity contribution in [1.29, 1.82) is 0 Å². The molecule has 3 aromatic rings. The third kappa shape index (κ3) is 5.52. The summed E-state index contributed by atoms with van der Waals surface area (Å²) < 4.78 is 24.5. The zero-order chi connectivity index (χ0) is 19.1. The highest BCUT2D eigenvalue weighted by atomic mass is 32.1. The molecule has 1 N–H and O–H groups in total. The van der Waals surface area contributed by atoms with Crippen LogP contribution in [0.15, 0.2) is 52.9 Å². The maximum absolute atomic E-state index is 13.0. The van der Waals surface area contributed by atoms with E-state index < -0.39 is 0 Å². The Morgan fingerprint density at radius 2 is 1.96 bits per heavy atom. The van der Waals surface area contributed by atoms with Crippen LogP contribution in [-0.4, -0.2) is 17.8 Å². The number of rotatable bonds is 8. The lowest BCUT2D eigenvalue weighted by atomic mass is 10.2. The summed E-state index contributed by atoms with van der Waals surface area (Å²) in [5.41, 5.74) is 5.61. The summed E-state index contributed by atoms with van der Waals surface area (Å²) in [6, 6.07) is 11.8. The molecule has 0 aliphatic heterocycles. The third-order valence-corrected chi connectivity index (χ3v) is 4.43. The Balaban J connectivity index is 1.66. The average Bonchev–Trinajstić information content (AvgIpc) is 3.08. The topological polar surface area (TPSA) is 55.7 Å². The van der Waals surface area contributed by atoms with Crippen molar-refractivity contribution in [2.75, 3.05) is 12.0 Å². The molecule has 1 heterocycles. The number of aryl methyl sites for hydroxylation is 1. The highest BCUT2D eigenvalue weighted by molar-refractivity contribution is 7.13. The van der Waals surface area contributed by atoms with Crippen LogP contribution in [0.1, 0.15) is 23.7 Å². The van der Waals surface area contributed by atoms with Crippen molar-refractivity contribution in [3.05, 3.63) is 70.5 Å². The number of hydrazone groups is 1. The minimum absolute atomic E-state index is 0.265. The number of nitrogens with zero attached hydrogens (tertiary/aromatic N) is 2. The molecule has 0 fully saturated rings. The zero-order valence-corrected chi connectivity index (χ0v) is 15.9. The normalized spacial score (nSPS) is 10.9. The number of aromatic nitrogens is 1. The van der Waals surface area contributed by atoms with E-state index in [-0.39, 0.29) is 5.82 Å². The van der Waals surface area contributed by atoms with Gasteiger partial charge < -0.3 is 9.47 Å². The van der Waals surface area contributed by atoms with Gasteiger partial charge in [-0.3, -0.25) is 5.43 Å². The molecule has 2 aromatic carbocycles. The average molecular weight is 385 g/mol. The second-order valence-electron chi connectivity index (χ2n) is 5.72. The Hall–Kier alpha value is -2.93. The van der Waals surface area contributed by atoms with Gasteiger partial charge in [0.05, 0.1) is 18.5 Å². The van der Waals surface area contributed by atoms with E-state index in [1.807, 2.05) is 37.4 Å². The lowest BCUT2D eigenvalue weighted by molar-refractivity contribution is 0.269. The Kier molecular flexibility index (Phi) is 6.38. The molecule has 0 saturated carbocycles. The van der Waals surface area contributed by atoms with Gasteiger partial charge in [0.2, 0.25) is 5.13 Å². The summed E-state index contributed by atoms with van der Waals surface area (Å²) >= 11 is 1.50. The van der Waals surface area contributed by atoms with Crippen LogP contribution < -0.4 is 14.9 Å². The molecular weight excluding hydrogens is 365 g/mol. The standard InChI is InChI=1S/C20H20FN3O2S/c1-3-25-19-10-16(11-22-24-20-23-14(2)13-27-20)6-9-18(19)26-12-15-4-7-17(21)8-5-15/h4-11,13H,3,12H2,1-2H3,(H,23,24)/b22-11-. The highest BCUT2D eigenvalue weighted by Crippen LogP contribution is 2.29. The third-order valence-electron chi connectivity index (χ3n) is 3.57. The molecule has 0 unspecified atom stereocenters. The van der Waals surface area contributed by atoms with Crippen LogP contribution in [0.25, 0.3) is 0 Å². The van der Waals surface area contributed by atoms with Gasteiger partial charge in [-0.05, 0) is 55.3 Å². The molecule has 0 amide bonds. The molecule has 27 heavy (non-hydrogen) atoms. The van der Waals surface area contributed by atoms with Crippen molar-refractivity contribution in [3.8, 4) is 11.5 Å². The Labute approximate surface area is 161 Å². The van der Waals surface area contributed by atoms with Crippen molar-refractivity contribution in [3.63, 3.8) is 0 Å². The summed E-state index contributed by atoms with van der Waals surface area (Å²) in [6.07, 6.45) is 1.70. The molecular formula is C20H20FN3O2S. The first-order valence-corrected chi connectivity index (χ1v) is 9.37. The molecule has 7 heteroatoms. The Morgan fingerprint density at radius 1 is 1.15 bits per heavy atom. The van der Waals surface area contributed by atoms with Crippen LogP contribution in [-0.2, 0) is 6.61 Å². The molecule has 3 rings (SSSR count). The van der Waals surface area contributed by atoms with E-state index in [4.69, 9.17) is 9.47 Å². The number of hydrogen-bond acceptors (Lipinski definition) is 6. The first-order valence-electron chi connectivity index (χ1n) is 8.49. The van der Waals surface area contributed by atoms with Crippen LogP contribution in [0.3, 0.4) is 0 Å². The van der Waals surface area contributed by atoms with Crippen molar-refractivity contribution in [2.24, 2.45) is 5.10 Å². The van der Waals surface area contributed by atoms with Gasteiger partial charge in [0.1, 0.15) is 12.4 Å². The fourth-order valence-corrected chi connectivity index (χ4v) is 2.94. The number of halogens is 1. The number of thiazole rings is 1. The number of nitrogens with one attached hydrogen (secondary N) is 1. The summed E-state index contributed by atoms with van der Waals surface area (Å²) in [5, 5.41) is 6.90. The van der Waals surface area contributed by atoms with Crippen LogP contribution in [0.2, 0.25) is 0 Å². The molecule has 0 radical (unpaired) electrons. The maximum atomic E-state index is 13.0. The van der Waals surface area contributed by atoms with Gasteiger partial charge in [-0.25, -0.2) is 9.37 Å². The molecule has 0 saturated heterocycles. The van der Waals surface area contributed by atoms with Crippen LogP contribution in [0, 0.1) is 12.7 Å². The monoisotopic (exact) mass is 385 g/mol. The predicted octanol–water partition coefficient (Wildman–Crippen LogP) is 5.01. The molecule has 0 atom stereocenters. The molecule has 0 aliphatic carbocycles. The first-order chi connectivity index (χ1) is 13.1. The molecule has 1 aromatic heterocycles. The highest BCUT2D eigenvalue weighted by Gasteiger charge is 2.07. The predicted molar refractivity (Wildman–Crippen MR) is 106 cm³/mol.